The van der Waals surface area contributed by atoms with Crippen molar-refractivity contribution in [1.29, 1.82) is 0 Å². The number of nitrogens with one attached hydrogen (secondary N) is 2. The molecule has 1 atom stereocenters. The highest BCUT2D eigenvalue weighted by Crippen LogP contribution is 2.30. The summed E-state index contributed by atoms with van der Waals surface area (Å²) >= 11 is 0. The predicted octanol–water partition coefficient (Wildman–Crippen LogP) is 2.85. The zero-order valence-electron chi connectivity index (χ0n) is 16.3. The van der Waals surface area contributed by atoms with E-state index < -0.39 is 0 Å². The minimum Gasteiger partial charge on any atom is -0.486 e. The minimum absolute atomic E-state index is 0.0915. The third-order valence-corrected chi connectivity index (χ3v) is 4.64. The SMILES string of the molecule is CC[C@H](C)NC(=O)c1cccc(CNC(=O)Cc2ccc3c(c2)OCCO3)c1. The van der Waals surface area contributed by atoms with Gasteiger partial charge in [0.05, 0.1) is 6.42 Å². The summed E-state index contributed by atoms with van der Waals surface area (Å²) in [5.74, 6) is 1.20. The summed E-state index contributed by atoms with van der Waals surface area (Å²) in [4.78, 5) is 24.5. The maximum atomic E-state index is 12.3. The number of carbonyl (C=O) groups excluding carboxylic acids is 2. The van der Waals surface area contributed by atoms with Crippen molar-refractivity contribution < 1.29 is 19.1 Å². The lowest BCUT2D eigenvalue weighted by Gasteiger charge is -2.18. The molecule has 0 unspecified atom stereocenters. The lowest BCUT2D eigenvalue weighted by atomic mass is 10.1. The third-order valence-electron chi connectivity index (χ3n) is 4.64. The Balaban J connectivity index is 1.54. The van der Waals surface area contributed by atoms with Crippen molar-refractivity contribution in [2.45, 2.75) is 39.3 Å². The van der Waals surface area contributed by atoms with Crippen molar-refractivity contribution in [2.24, 2.45) is 0 Å². The number of amides is 2. The highest BCUT2D eigenvalue weighted by atomic mass is 16.6. The fraction of sp³-hybridized carbons (Fsp3) is 0.364. The molecular weight excluding hydrogens is 356 g/mol. The average molecular weight is 382 g/mol. The highest BCUT2D eigenvalue weighted by Gasteiger charge is 2.13. The number of benzene rings is 2. The van der Waals surface area contributed by atoms with Gasteiger partial charge in [-0.3, -0.25) is 9.59 Å². The molecule has 3 rings (SSSR count). The van der Waals surface area contributed by atoms with Crippen LogP contribution in [0.5, 0.6) is 11.5 Å². The molecule has 6 nitrogen and oxygen atoms in total. The molecule has 2 aromatic carbocycles. The van der Waals surface area contributed by atoms with Crippen LogP contribution in [0.3, 0.4) is 0 Å². The summed E-state index contributed by atoms with van der Waals surface area (Å²) in [6, 6.07) is 13.0. The Labute approximate surface area is 165 Å². The monoisotopic (exact) mass is 382 g/mol. The van der Waals surface area contributed by atoms with Gasteiger partial charge in [0, 0.05) is 18.2 Å². The van der Waals surface area contributed by atoms with Gasteiger partial charge in [0.2, 0.25) is 5.91 Å². The molecule has 2 aromatic rings. The van der Waals surface area contributed by atoms with E-state index >= 15 is 0 Å². The minimum atomic E-state index is -0.0983. The van der Waals surface area contributed by atoms with Crippen molar-refractivity contribution >= 4 is 11.8 Å². The summed E-state index contributed by atoms with van der Waals surface area (Å²) in [5.41, 5.74) is 2.34. The Bertz CT molecular complexity index is 850. The standard InChI is InChI=1S/C22H26N2O4/c1-3-15(2)24-22(26)18-6-4-5-17(11-18)14-23-21(25)13-16-7-8-19-20(12-16)28-10-9-27-19/h4-8,11-12,15H,3,9-10,13-14H2,1-2H3,(H,23,25)(H,24,26)/t15-/m0/s1. The fourth-order valence-corrected chi connectivity index (χ4v) is 2.88. The van der Waals surface area contributed by atoms with Gasteiger partial charge in [0.25, 0.3) is 5.91 Å². The van der Waals surface area contributed by atoms with Crippen LogP contribution < -0.4 is 20.1 Å². The highest BCUT2D eigenvalue weighted by molar-refractivity contribution is 5.94. The molecule has 0 saturated carbocycles. The lowest BCUT2D eigenvalue weighted by molar-refractivity contribution is -0.120. The molecule has 2 N–H and O–H groups in total. The molecule has 0 spiro atoms. The Morgan fingerprint density at radius 1 is 1.04 bits per heavy atom. The second kappa shape index (κ2) is 9.26. The van der Waals surface area contributed by atoms with Crippen LogP contribution in [0.2, 0.25) is 0 Å². The fourth-order valence-electron chi connectivity index (χ4n) is 2.88. The number of carbonyl (C=O) groups is 2. The van der Waals surface area contributed by atoms with Gasteiger partial charge in [-0.1, -0.05) is 25.1 Å². The van der Waals surface area contributed by atoms with Gasteiger partial charge in [-0.15, -0.1) is 0 Å². The normalized spacial score (nSPS) is 13.5. The van der Waals surface area contributed by atoms with E-state index in [1.165, 1.54) is 0 Å². The second-order valence-electron chi connectivity index (χ2n) is 6.91. The summed E-state index contributed by atoms with van der Waals surface area (Å²) < 4.78 is 11.0. The maximum Gasteiger partial charge on any atom is 0.251 e. The summed E-state index contributed by atoms with van der Waals surface area (Å²) in [6.07, 6.45) is 1.13. The summed E-state index contributed by atoms with van der Waals surface area (Å²) in [6.45, 7) is 5.43. The van der Waals surface area contributed by atoms with Crippen LogP contribution in [-0.2, 0) is 17.8 Å². The van der Waals surface area contributed by atoms with Crippen LogP contribution in [0.25, 0.3) is 0 Å². The Morgan fingerprint density at radius 2 is 1.82 bits per heavy atom. The number of hydrogen-bond acceptors (Lipinski definition) is 4. The lowest BCUT2D eigenvalue weighted by Crippen LogP contribution is -2.32. The molecule has 1 heterocycles. The van der Waals surface area contributed by atoms with Gasteiger partial charge in [-0.25, -0.2) is 0 Å². The van der Waals surface area contributed by atoms with Gasteiger partial charge in [-0.05, 0) is 48.7 Å². The van der Waals surface area contributed by atoms with Gasteiger partial charge in [0.1, 0.15) is 13.2 Å². The third kappa shape index (κ3) is 5.25. The Kier molecular flexibility index (Phi) is 6.53. The van der Waals surface area contributed by atoms with Gasteiger partial charge in [-0.2, -0.15) is 0 Å². The molecular formula is C22H26N2O4. The molecule has 0 aliphatic carbocycles. The van der Waals surface area contributed by atoms with Crippen molar-refractivity contribution in [2.75, 3.05) is 13.2 Å². The summed E-state index contributed by atoms with van der Waals surface area (Å²) in [7, 11) is 0. The van der Waals surface area contributed by atoms with Crippen LogP contribution >= 0.6 is 0 Å². The van der Waals surface area contributed by atoms with E-state index in [-0.39, 0.29) is 24.3 Å². The van der Waals surface area contributed by atoms with Crippen molar-refractivity contribution in [3.63, 3.8) is 0 Å². The smallest absolute Gasteiger partial charge is 0.251 e. The molecule has 0 saturated heterocycles. The van der Waals surface area contributed by atoms with Crippen LogP contribution in [0.15, 0.2) is 42.5 Å². The van der Waals surface area contributed by atoms with E-state index in [1.807, 2.05) is 50.2 Å². The Hall–Kier alpha value is -3.02. The maximum absolute atomic E-state index is 12.3. The zero-order valence-corrected chi connectivity index (χ0v) is 16.3. The molecule has 148 valence electrons. The molecule has 0 aromatic heterocycles. The first-order chi connectivity index (χ1) is 13.5. The van der Waals surface area contributed by atoms with Crippen LogP contribution in [-0.4, -0.2) is 31.1 Å². The topological polar surface area (TPSA) is 76.7 Å². The van der Waals surface area contributed by atoms with E-state index in [0.717, 1.165) is 17.5 Å². The van der Waals surface area contributed by atoms with Crippen LogP contribution in [0.1, 0.15) is 41.8 Å². The van der Waals surface area contributed by atoms with E-state index in [2.05, 4.69) is 10.6 Å². The first kappa shape index (κ1) is 19.7. The quantitative estimate of drug-likeness (QED) is 0.772. The van der Waals surface area contributed by atoms with Gasteiger partial charge >= 0.3 is 0 Å². The van der Waals surface area contributed by atoms with Gasteiger partial charge < -0.3 is 20.1 Å². The average Bonchev–Trinajstić information content (AvgIpc) is 2.72. The Morgan fingerprint density at radius 3 is 2.61 bits per heavy atom. The van der Waals surface area contributed by atoms with Crippen LogP contribution in [0.4, 0.5) is 0 Å². The molecule has 1 aliphatic heterocycles. The first-order valence-corrected chi connectivity index (χ1v) is 9.60. The van der Waals surface area contributed by atoms with E-state index in [9.17, 15) is 9.59 Å². The van der Waals surface area contributed by atoms with Gasteiger partial charge in [0.15, 0.2) is 11.5 Å². The molecule has 1 aliphatic rings. The van der Waals surface area contributed by atoms with Crippen molar-refractivity contribution in [1.82, 2.24) is 10.6 Å². The van der Waals surface area contributed by atoms with E-state index in [1.54, 1.807) is 6.07 Å². The molecule has 2 amide bonds. The summed E-state index contributed by atoms with van der Waals surface area (Å²) in [5, 5.41) is 5.85. The number of rotatable bonds is 7. The molecule has 0 fully saturated rings. The van der Waals surface area contributed by atoms with Crippen LogP contribution in [0, 0.1) is 0 Å². The van der Waals surface area contributed by atoms with E-state index in [0.29, 0.717) is 36.8 Å². The van der Waals surface area contributed by atoms with E-state index in [4.69, 9.17) is 9.47 Å². The predicted molar refractivity (Wildman–Crippen MR) is 107 cm³/mol. The second-order valence-corrected chi connectivity index (χ2v) is 6.91. The number of hydrogen-bond donors (Lipinski definition) is 2. The largest absolute Gasteiger partial charge is 0.486 e. The number of ether oxygens (including phenoxy) is 2. The van der Waals surface area contributed by atoms with Crippen molar-refractivity contribution in [3.05, 3.63) is 59.2 Å². The molecule has 28 heavy (non-hydrogen) atoms. The first-order valence-electron chi connectivity index (χ1n) is 9.60. The molecule has 0 bridgehead atoms. The molecule has 6 heteroatoms. The van der Waals surface area contributed by atoms with Crippen molar-refractivity contribution in [3.8, 4) is 11.5 Å². The molecule has 0 radical (unpaired) electrons. The number of fused-ring (bicyclic) bond motifs is 1. The zero-order chi connectivity index (χ0) is 19.9.